The van der Waals surface area contributed by atoms with Crippen molar-refractivity contribution in [2.45, 2.75) is 0 Å². The normalized spacial score (nSPS) is 10.5. The van der Waals surface area contributed by atoms with Crippen molar-refractivity contribution >= 4 is 38.8 Å². The van der Waals surface area contributed by atoms with Crippen molar-refractivity contribution in [2.75, 3.05) is 5.34 Å². The largest absolute Gasteiger partial charge is 0.466 e. The predicted octanol–water partition coefficient (Wildman–Crippen LogP) is -0.436. The van der Waals surface area contributed by atoms with Gasteiger partial charge in [0.05, 0.1) is 5.34 Å². The topological polar surface area (TPSA) is 156 Å². The highest BCUT2D eigenvalue weighted by molar-refractivity contribution is 7.45. The summed E-state index contributed by atoms with van der Waals surface area (Å²) in [5.41, 5.74) is 0. The lowest BCUT2D eigenvalue weighted by Gasteiger charge is -1.82. The number of hydrogen-bond donors (Lipinski definition) is 6. The zero-order chi connectivity index (χ0) is 11.7. The van der Waals surface area contributed by atoms with E-state index in [1.165, 1.54) is 0 Å². The number of phosphoric acid groups is 2. The first-order valence-electron chi connectivity index (χ1n) is 2.10. The van der Waals surface area contributed by atoms with E-state index in [9.17, 15) is 0 Å². The Hall–Kier alpha value is 0.800. The molecule has 0 saturated heterocycles. The van der Waals surface area contributed by atoms with Crippen LogP contribution in [0.1, 0.15) is 0 Å². The summed E-state index contributed by atoms with van der Waals surface area (Å²) >= 11 is 9.53. The van der Waals surface area contributed by atoms with Gasteiger partial charge in [-0.1, -0.05) is 0 Å². The van der Waals surface area contributed by atoms with Crippen LogP contribution in [0.3, 0.4) is 0 Å². The first-order valence-corrected chi connectivity index (χ1v) is 6.30. The van der Waals surface area contributed by atoms with Gasteiger partial charge in [0.25, 0.3) is 0 Å². The van der Waals surface area contributed by atoms with Crippen LogP contribution in [-0.2, 0) is 9.13 Å². The van der Waals surface area contributed by atoms with Crippen molar-refractivity contribution in [3.05, 3.63) is 0 Å². The average molecular weight is 281 g/mol. The fourth-order valence-electron chi connectivity index (χ4n) is 0. The predicted molar refractivity (Wildman–Crippen MR) is 45.1 cm³/mol. The molecule has 0 aliphatic carbocycles. The molecule has 0 unspecified atom stereocenters. The fourth-order valence-corrected chi connectivity index (χ4v) is 0. The van der Waals surface area contributed by atoms with Crippen molar-refractivity contribution in [3.63, 3.8) is 0 Å². The van der Waals surface area contributed by atoms with E-state index in [2.05, 4.69) is 0 Å². The van der Waals surface area contributed by atoms with Gasteiger partial charge in [-0.05, 0) is 0 Å². The summed E-state index contributed by atoms with van der Waals surface area (Å²) in [5.74, 6) is 0. The van der Waals surface area contributed by atoms with E-state index in [4.69, 9.17) is 61.7 Å². The molecule has 0 radical (unpaired) electrons. The monoisotopic (exact) mass is 280 g/mol. The van der Waals surface area contributed by atoms with E-state index in [0.717, 1.165) is 0 Å². The Morgan fingerprint density at radius 2 is 0.769 bits per heavy atom. The summed E-state index contributed by atoms with van der Waals surface area (Å²) < 4.78 is 17.8. The Bertz CT molecular complexity index is 144. The SMILES string of the molecule is ClCCl.O=P(O)(O)O.O=P(O)(O)O. The zero-order valence-electron chi connectivity index (χ0n) is 5.86. The molecule has 84 valence electrons. The van der Waals surface area contributed by atoms with E-state index < -0.39 is 15.6 Å². The van der Waals surface area contributed by atoms with Crippen LogP contribution in [0, 0.1) is 0 Å². The molecular formula is CH8Cl2O8P2. The van der Waals surface area contributed by atoms with Crippen molar-refractivity contribution in [1.82, 2.24) is 0 Å². The Kier molecular flexibility index (Phi) is 14.0. The maximum Gasteiger partial charge on any atom is 0.466 e. The van der Waals surface area contributed by atoms with Gasteiger partial charge in [-0.2, -0.15) is 0 Å². The van der Waals surface area contributed by atoms with Crippen LogP contribution < -0.4 is 0 Å². The molecule has 13 heavy (non-hydrogen) atoms. The highest BCUT2D eigenvalue weighted by Crippen LogP contribution is 2.26. The molecule has 0 heterocycles. The molecule has 0 rings (SSSR count). The van der Waals surface area contributed by atoms with Gasteiger partial charge in [0.2, 0.25) is 0 Å². The third kappa shape index (κ3) is 2330. The van der Waals surface area contributed by atoms with Crippen LogP contribution in [0.5, 0.6) is 0 Å². The molecule has 0 aromatic heterocycles. The first-order chi connectivity index (χ1) is 5.41. The molecule has 8 nitrogen and oxygen atoms in total. The van der Waals surface area contributed by atoms with E-state index in [0.29, 0.717) is 0 Å². The summed E-state index contributed by atoms with van der Waals surface area (Å²) in [6.45, 7) is 0. The maximum absolute atomic E-state index is 8.88. The van der Waals surface area contributed by atoms with Gasteiger partial charge in [-0.3, -0.25) is 0 Å². The Morgan fingerprint density at radius 3 is 0.769 bits per heavy atom. The molecule has 0 bridgehead atoms. The molecule has 6 N–H and O–H groups in total. The van der Waals surface area contributed by atoms with Gasteiger partial charge >= 0.3 is 15.6 Å². The van der Waals surface area contributed by atoms with E-state index in [-0.39, 0.29) is 5.34 Å². The Labute approximate surface area is 83.2 Å². The molecule has 0 saturated carbocycles. The van der Waals surface area contributed by atoms with Gasteiger partial charge in [0.15, 0.2) is 0 Å². The third-order valence-electron chi connectivity index (χ3n) is 0. The molecular weight excluding hydrogens is 273 g/mol. The number of rotatable bonds is 0. The Balaban J connectivity index is -0.000000120. The second kappa shape index (κ2) is 9.36. The fraction of sp³-hybridized carbons (Fsp3) is 1.00. The first kappa shape index (κ1) is 19.4. The van der Waals surface area contributed by atoms with E-state index in [1.807, 2.05) is 0 Å². The van der Waals surface area contributed by atoms with Crippen molar-refractivity contribution in [3.8, 4) is 0 Å². The highest BCUT2D eigenvalue weighted by atomic mass is 35.5. The van der Waals surface area contributed by atoms with Crippen LogP contribution in [-0.4, -0.2) is 34.7 Å². The van der Waals surface area contributed by atoms with Gasteiger partial charge in [0.1, 0.15) is 0 Å². The molecule has 0 aromatic carbocycles. The quantitative estimate of drug-likeness (QED) is 0.258. The number of hydrogen-bond acceptors (Lipinski definition) is 2. The summed E-state index contributed by atoms with van der Waals surface area (Å²) in [6.07, 6.45) is 0. The van der Waals surface area contributed by atoms with Crippen LogP contribution in [0.15, 0.2) is 0 Å². The molecule has 0 amide bonds. The maximum atomic E-state index is 8.88. The molecule has 0 fully saturated rings. The van der Waals surface area contributed by atoms with Crippen LogP contribution in [0.4, 0.5) is 0 Å². The molecule has 0 spiro atoms. The smallest absolute Gasteiger partial charge is 0.303 e. The van der Waals surface area contributed by atoms with Crippen molar-refractivity contribution in [1.29, 1.82) is 0 Å². The van der Waals surface area contributed by atoms with Gasteiger partial charge < -0.3 is 29.4 Å². The number of halogens is 2. The third-order valence-corrected chi connectivity index (χ3v) is 0. The summed E-state index contributed by atoms with van der Waals surface area (Å²) in [4.78, 5) is 43.1. The van der Waals surface area contributed by atoms with Crippen LogP contribution >= 0.6 is 38.8 Å². The summed E-state index contributed by atoms with van der Waals surface area (Å²) in [6, 6.07) is 0. The minimum atomic E-state index is -4.64. The Morgan fingerprint density at radius 1 is 0.769 bits per heavy atom. The molecule has 0 aromatic rings. The summed E-state index contributed by atoms with van der Waals surface area (Å²) in [7, 11) is -9.28. The van der Waals surface area contributed by atoms with Crippen LogP contribution in [0.25, 0.3) is 0 Å². The lowest BCUT2D eigenvalue weighted by atomic mass is 11.9. The lowest BCUT2D eigenvalue weighted by molar-refractivity contribution is 0.272. The molecule has 0 aliphatic rings. The molecule has 0 atom stereocenters. The zero-order valence-corrected chi connectivity index (χ0v) is 9.16. The average Bonchev–Trinajstić information content (AvgIpc) is 1.52. The van der Waals surface area contributed by atoms with E-state index in [1.54, 1.807) is 0 Å². The lowest BCUT2D eigenvalue weighted by Crippen LogP contribution is -1.66. The van der Waals surface area contributed by atoms with Gasteiger partial charge in [-0.25, -0.2) is 9.13 Å². The highest BCUT2D eigenvalue weighted by Gasteiger charge is 2.00. The second-order valence-electron chi connectivity index (χ2n) is 1.13. The second-order valence-corrected chi connectivity index (χ2v) is 3.99. The molecule has 12 heteroatoms. The van der Waals surface area contributed by atoms with Gasteiger partial charge in [0, 0.05) is 0 Å². The molecule has 0 aliphatic heterocycles. The standard InChI is InChI=1S/CH2Cl2.2H3O4P/c2-1-3;2*1-5(2,3)4/h1H2;2*(H3,1,2,3,4). The summed E-state index contributed by atoms with van der Waals surface area (Å²) in [5, 5.41) is 0.194. The minimum Gasteiger partial charge on any atom is -0.303 e. The number of alkyl halides is 2. The van der Waals surface area contributed by atoms with Crippen LogP contribution in [0.2, 0.25) is 0 Å². The minimum absolute atomic E-state index is 0.194. The van der Waals surface area contributed by atoms with Crippen molar-refractivity contribution in [2.24, 2.45) is 0 Å². The van der Waals surface area contributed by atoms with E-state index >= 15 is 0 Å². The van der Waals surface area contributed by atoms with Gasteiger partial charge in [-0.15, -0.1) is 23.2 Å². The van der Waals surface area contributed by atoms with Crippen molar-refractivity contribution < 1.29 is 38.5 Å².